The predicted octanol–water partition coefficient (Wildman–Crippen LogP) is 2.93. The Hall–Kier alpha value is -2.38. The normalized spacial score (nSPS) is 11.0. The third-order valence-corrected chi connectivity index (χ3v) is 5.00. The van der Waals surface area contributed by atoms with E-state index in [1.165, 1.54) is 12.1 Å². The first kappa shape index (κ1) is 17.0. The van der Waals surface area contributed by atoms with E-state index < -0.39 is 21.4 Å². The van der Waals surface area contributed by atoms with Crippen LogP contribution in [0.5, 0.6) is 0 Å². The minimum Gasteiger partial charge on any atom is -0.464 e. The Morgan fingerprint density at radius 1 is 1.00 bits per heavy atom. The molecule has 0 atom stereocenters. The van der Waals surface area contributed by atoms with Gasteiger partial charge in [0, 0.05) is 5.56 Å². The number of hydrogen-bond donors (Lipinski definition) is 1. The molecular formula is C15H12ClNO5S. The van der Waals surface area contributed by atoms with E-state index in [1.54, 1.807) is 30.3 Å². The van der Waals surface area contributed by atoms with E-state index in [-0.39, 0.29) is 17.0 Å². The van der Waals surface area contributed by atoms with Gasteiger partial charge >= 0.3 is 6.09 Å². The van der Waals surface area contributed by atoms with Gasteiger partial charge < -0.3 is 5.11 Å². The highest BCUT2D eigenvalue weighted by atomic mass is 35.5. The Morgan fingerprint density at radius 3 is 2.04 bits per heavy atom. The maximum Gasteiger partial charge on any atom is 0.421 e. The van der Waals surface area contributed by atoms with Crippen LogP contribution in [0.2, 0.25) is 0 Å². The Morgan fingerprint density at radius 2 is 1.57 bits per heavy atom. The van der Waals surface area contributed by atoms with Crippen molar-refractivity contribution in [3.05, 3.63) is 65.7 Å². The lowest BCUT2D eigenvalue weighted by Gasteiger charge is -2.19. The first-order chi connectivity index (χ1) is 10.8. The van der Waals surface area contributed by atoms with Crippen LogP contribution in [0.4, 0.5) is 4.79 Å². The molecule has 0 heterocycles. The summed E-state index contributed by atoms with van der Waals surface area (Å²) in [4.78, 5) is 22.1. The molecule has 0 aliphatic heterocycles. The Bertz CT molecular complexity index is 819. The smallest absolute Gasteiger partial charge is 0.421 e. The Balaban J connectivity index is 2.37. The summed E-state index contributed by atoms with van der Waals surface area (Å²) in [7, 11) is -4.26. The summed E-state index contributed by atoms with van der Waals surface area (Å²) in [5.41, 5.74) is 0.654. The van der Waals surface area contributed by atoms with Gasteiger partial charge in [-0.25, -0.2) is 13.2 Å². The molecule has 0 saturated carbocycles. The molecule has 0 spiro atoms. The highest BCUT2D eigenvalue weighted by molar-refractivity contribution is 7.89. The van der Waals surface area contributed by atoms with Gasteiger partial charge in [-0.3, -0.25) is 4.79 Å². The van der Waals surface area contributed by atoms with Crippen molar-refractivity contribution in [2.45, 2.75) is 11.4 Å². The lowest BCUT2D eigenvalue weighted by molar-refractivity contribution is 0.108. The van der Waals surface area contributed by atoms with Crippen molar-refractivity contribution in [1.82, 2.24) is 4.31 Å². The molecule has 2 aromatic rings. The molecule has 2 aromatic carbocycles. The van der Waals surface area contributed by atoms with Crippen LogP contribution in [0.3, 0.4) is 0 Å². The van der Waals surface area contributed by atoms with Crippen molar-refractivity contribution < 1.29 is 23.1 Å². The van der Waals surface area contributed by atoms with Gasteiger partial charge in [0.25, 0.3) is 15.3 Å². The zero-order valence-corrected chi connectivity index (χ0v) is 13.3. The summed E-state index contributed by atoms with van der Waals surface area (Å²) in [6.45, 7) is -0.311. The molecule has 6 nitrogen and oxygen atoms in total. The van der Waals surface area contributed by atoms with Crippen molar-refractivity contribution >= 4 is 33.0 Å². The lowest BCUT2D eigenvalue weighted by Crippen LogP contribution is -2.35. The number of amides is 1. The second-order valence-corrected chi connectivity index (χ2v) is 6.78. The van der Waals surface area contributed by atoms with Crippen LogP contribution in [0.25, 0.3) is 0 Å². The topological polar surface area (TPSA) is 91.8 Å². The van der Waals surface area contributed by atoms with Gasteiger partial charge in [-0.2, -0.15) is 4.31 Å². The molecule has 0 saturated heterocycles. The summed E-state index contributed by atoms with van der Waals surface area (Å²) < 4.78 is 25.3. The number of carbonyl (C=O) groups is 2. The lowest BCUT2D eigenvalue weighted by atomic mass is 10.2. The molecule has 0 radical (unpaired) electrons. The SMILES string of the molecule is O=C(Cl)c1ccc(S(=O)(=O)N(Cc2ccccc2)C(=O)O)cc1. The molecule has 0 aliphatic rings. The molecule has 0 bridgehead atoms. The molecule has 0 aliphatic carbocycles. The monoisotopic (exact) mass is 353 g/mol. The number of hydrogen-bond acceptors (Lipinski definition) is 4. The first-order valence-corrected chi connectivity index (χ1v) is 8.23. The predicted molar refractivity (Wildman–Crippen MR) is 83.8 cm³/mol. The summed E-state index contributed by atoms with van der Waals surface area (Å²) in [6.07, 6.45) is -1.59. The second kappa shape index (κ2) is 6.80. The minimum atomic E-state index is -4.26. The van der Waals surface area contributed by atoms with E-state index in [4.69, 9.17) is 11.6 Å². The fourth-order valence-electron chi connectivity index (χ4n) is 1.89. The third-order valence-electron chi connectivity index (χ3n) is 3.05. The summed E-state index contributed by atoms with van der Waals surface area (Å²) >= 11 is 5.30. The molecule has 23 heavy (non-hydrogen) atoms. The standard InChI is InChI=1S/C15H12ClNO5S/c16-14(18)12-6-8-13(9-7-12)23(21,22)17(15(19)20)10-11-4-2-1-3-5-11/h1-9H,10H2,(H,19,20). The van der Waals surface area contributed by atoms with Gasteiger partial charge in [0.05, 0.1) is 11.4 Å². The molecule has 0 fully saturated rings. The van der Waals surface area contributed by atoms with Crippen LogP contribution in [0.1, 0.15) is 15.9 Å². The minimum absolute atomic E-state index is 0.121. The number of benzene rings is 2. The van der Waals surface area contributed by atoms with Crippen LogP contribution in [0, 0.1) is 0 Å². The number of nitrogens with zero attached hydrogens (tertiary/aromatic N) is 1. The van der Waals surface area contributed by atoms with Gasteiger partial charge in [-0.05, 0) is 41.4 Å². The van der Waals surface area contributed by atoms with E-state index in [9.17, 15) is 23.1 Å². The van der Waals surface area contributed by atoms with E-state index in [1.807, 2.05) is 0 Å². The fourth-order valence-corrected chi connectivity index (χ4v) is 3.27. The average molecular weight is 354 g/mol. The average Bonchev–Trinajstić information content (AvgIpc) is 2.53. The van der Waals surface area contributed by atoms with Gasteiger partial charge in [-0.1, -0.05) is 30.3 Å². The van der Waals surface area contributed by atoms with Gasteiger partial charge in [-0.15, -0.1) is 0 Å². The van der Waals surface area contributed by atoms with Crippen LogP contribution < -0.4 is 0 Å². The maximum atomic E-state index is 12.5. The van der Waals surface area contributed by atoms with Crippen molar-refractivity contribution in [2.24, 2.45) is 0 Å². The van der Waals surface area contributed by atoms with Gasteiger partial charge in [0.2, 0.25) is 0 Å². The van der Waals surface area contributed by atoms with Crippen molar-refractivity contribution in [3.63, 3.8) is 0 Å². The Kier molecular flexibility index (Phi) is 5.02. The quantitative estimate of drug-likeness (QED) is 0.834. The molecule has 1 N–H and O–H groups in total. The van der Waals surface area contributed by atoms with Crippen LogP contribution >= 0.6 is 11.6 Å². The van der Waals surface area contributed by atoms with Gasteiger partial charge in [0.15, 0.2) is 0 Å². The van der Waals surface area contributed by atoms with E-state index in [2.05, 4.69) is 0 Å². The summed E-state index contributed by atoms with van der Waals surface area (Å²) in [5.74, 6) is 0. The molecule has 120 valence electrons. The number of halogens is 1. The third kappa shape index (κ3) is 3.88. The summed E-state index contributed by atoms with van der Waals surface area (Å²) in [5, 5.41) is 8.52. The number of carboxylic acid groups (broad SMARTS) is 1. The van der Waals surface area contributed by atoms with Crippen LogP contribution in [0.15, 0.2) is 59.5 Å². The van der Waals surface area contributed by atoms with Gasteiger partial charge in [0.1, 0.15) is 0 Å². The fraction of sp³-hybridized carbons (Fsp3) is 0.0667. The second-order valence-electron chi connectivity index (χ2n) is 4.58. The first-order valence-electron chi connectivity index (χ1n) is 6.42. The molecular weight excluding hydrogens is 342 g/mol. The van der Waals surface area contributed by atoms with E-state index in [0.29, 0.717) is 9.87 Å². The molecule has 0 aromatic heterocycles. The van der Waals surface area contributed by atoms with Crippen LogP contribution in [-0.4, -0.2) is 29.2 Å². The van der Waals surface area contributed by atoms with E-state index >= 15 is 0 Å². The maximum absolute atomic E-state index is 12.5. The highest BCUT2D eigenvalue weighted by Gasteiger charge is 2.29. The number of sulfonamides is 1. The van der Waals surface area contributed by atoms with E-state index in [0.717, 1.165) is 12.1 Å². The molecule has 8 heteroatoms. The van der Waals surface area contributed by atoms with Crippen molar-refractivity contribution in [2.75, 3.05) is 0 Å². The molecule has 0 unspecified atom stereocenters. The zero-order valence-electron chi connectivity index (χ0n) is 11.7. The Labute approximate surface area is 138 Å². The molecule has 2 rings (SSSR count). The zero-order chi connectivity index (χ0) is 17.0. The summed E-state index contributed by atoms with van der Waals surface area (Å²) in [6, 6.07) is 13.1. The number of carbonyl (C=O) groups excluding carboxylic acids is 1. The van der Waals surface area contributed by atoms with Crippen LogP contribution in [-0.2, 0) is 16.6 Å². The number of rotatable bonds is 5. The van der Waals surface area contributed by atoms with Crippen molar-refractivity contribution in [1.29, 1.82) is 0 Å². The highest BCUT2D eigenvalue weighted by Crippen LogP contribution is 2.20. The largest absolute Gasteiger partial charge is 0.464 e. The van der Waals surface area contributed by atoms with Crippen molar-refractivity contribution in [3.8, 4) is 0 Å². The molecule has 1 amide bonds.